The Balaban J connectivity index is 1.67. The number of esters is 1. The maximum atomic E-state index is 13.9. The zero-order valence-electron chi connectivity index (χ0n) is 19.3. The normalized spacial score (nSPS) is 20.8. The van der Waals surface area contributed by atoms with Crippen LogP contribution in [0.15, 0.2) is 62.8 Å². The molecule has 2 aromatic carbocycles. The Kier molecular flexibility index (Phi) is 6.80. The maximum Gasteiger partial charge on any atom is 0.326 e. The van der Waals surface area contributed by atoms with Gasteiger partial charge in [-0.15, -0.1) is 0 Å². The summed E-state index contributed by atoms with van der Waals surface area (Å²) in [5, 5.41) is -0.264. The van der Waals surface area contributed by atoms with Gasteiger partial charge in [-0.05, 0) is 37.3 Å². The Labute approximate surface area is 223 Å². The molecule has 2 aliphatic heterocycles. The summed E-state index contributed by atoms with van der Waals surface area (Å²) >= 11 is 5.53. The van der Waals surface area contributed by atoms with Crippen LogP contribution in [0.4, 0.5) is 5.69 Å². The van der Waals surface area contributed by atoms with Crippen LogP contribution in [0.5, 0.6) is 5.75 Å². The number of anilines is 1. The lowest BCUT2D eigenvalue weighted by Crippen LogP contribution is -2.33. The van der Waals surface area contributed by atoms with Gasteiger partial charge in [-0.1, -0.05) is 57.2 Å². The minimum absolute atomic E-state index is 0.191. The van der Waals surface area contributed by atoms with E-state index in [0.717, 1.165) is 27.6 Å². The molecule has 11 heteroatoms. The minimum Gasteiger partial charge on any atom is -0.496 e. The Morgan fingerprint density at radius 1 is 1.06 bits per heavy atom. The van der Waals surface area contributed by atoms with Crippen molar-refractivity contribution in [2.24, 2.45) is 5.92 Å². The van der Waals surface area contributed by atoms with E-state index in [1.807, 2.05) is 18.2 Å². The van der Waals surface area contributed by atoms with Gasteiger partial charge in [0.25, 0.3) is 0 Å². The average Bonchev–Trinajstić information content (AvgIpc) is 3.31. The molecule has 1 fully saturated rings. The van der Waals surface area contributed by atoms with E-state index in [9.17, 15) is 19.2 Å². The molecule has 0 radical (unpaired) electrons. The van der Waals surface area contributed by atoms with Crippen LogP contribution in [0.3, 0.4) is 0 Å². The molecular formula is C25H21BrN2O6S2. The number of thioether (sulfide) groups is 1. The standard InChI is InChI=1S/C25H21BrN2O6S2/c1-3-34-17(29)12-27-24-21(36-25(27)32)18(15-6-4-5-7-16(15)33-2)19-20(35-24)23(31)28(22(19)30)14-10-8-13(26)9-11-14/h4-11,18-20H,3,12H2,1-2H3/t18-,19?,20?/m1/s1. The van der Waals surface area contributed by atoms with E-state index in [0.29, 0.717) is 26.9 Å². The van der Waals surface area contributed by atoms with Crippen LogP contribution in [0.2, 0.25) is 0 Å². The molecule has 0 saturated carbocycles. The van der Waals surface area contributed by atoms with E-state index < -0.39 is 23.1 Å². The summed E-state index contributed by atoms with van der Waals surface area (Å²) in [5.74, 6) is -2.02. The molecule has 36 heavy (non-hydrogen) atoms. The van der Waals surface area contributed by atoms with Gasteiger partial charge < -0.3 is 9.47 Å². The number of thiazole rings is 1. The fourth-order valence-electron chi connectivity index (χ4n) is 4.69. The summed E-state index contributed by atoms with van der Waals surface area (Å²) in [6, 6.07) is 14.3. The molecular weight excluding hydrogens is 568 g/mol. The van der Waals surface area contributed by atoms with E-state index in [2.05, 4.69) is 15.9 Å². The van der Waals surface area contributed by atoms with E-state index in [-0.39, 0.29) is 29.8 Å². The van der Waals surface area contributed by atoms with Crippen molar-refractivity contribution >= 4 is 62.5 Å². The number of amides is 2. The highest BCUT2D eigenvalue weighted by atomic mass is 79.9. The average molecular weight is 589 g/mol. The number of halogens is 1. The number of hydrogen-bond acceptors (Lipinski definition) is 8. The number of fused-ring (bicyclic) bond motifs is 2. The predicted octanol–water partition coefficient (Wildman–Crippen LogP) is 4.04. The molecule has 8 nitrogen and oxygen atoms in total. The van der Waals surface area contributed by atoms with Crippen LogP contribution in [0.25, 0.3) is 0 Å². The first-order chi connectivity index (χ1) is 17.3. The fraction of sp³-hybridized carbons (Fsp3) is 0.280. The first-order valence-corrected chi connectivity index (χ1v) is 13.7. The summed E-state index contributed by atoms with van der Waals surface area (Å²) in [6.45, 7) is 1.62. The molecule has 0 bridgehead atoms. The first kappa shape index (κ1) is 24.8. The highest BCUT2D eigenvalue weighted by molar-refractivity contribution is 9.10. The first-order valence-electron chi connectivity index (χ1n) is 11.2. The molecule has 2 unspecified atom stereocenters. The number of imide groups is 1. The zero-order valence-corrected chi connectivity index (χ0v) is 22.5. The monoisotopic (exact) mass is 588 g/mol. The van der Waals surface area contributed by atoms with Crippen molar-refractivity contribution in [1.29, 1.82) is 0 Å². The number of ether oxygens (including phenoxy) is 2. The highest BCUT2D eigenvalue weighted by Crippen LogP contribution is 2.55. The van der Waals surface area contributed by atoms with Gasteiger partial charge in [0.15, 0.2) is 0 Å². The second-order valence-electron chi connectivity index (χ2n) is 8.20. The van der Waals surface area contributed by atoms with Crippen LogP contribution in [-0.4, -0.2) is 41.3 Å². The maximum absolute atomic E-state index is 13.9. The smallest absolute Gasteiger partial charge is 0.326 e. The van der Waals surface area contributed by atoms with Crippen LogP contribution >= 0.6 is 39.0 Å². The zero-order chi connectivity index (χ0) is 25.6. The van der Waals surface area contributed by atoms with Crippen LogP contribution in [-0.2, 0) is 25.7 Å². The lowest BCUT2D eigenvalue weighted by Gasteiger charge is -2.31. The number of nitrogens with zero attached hydrogens (tertiary/aromatic N) is 2. The summed E-state index contributed by atoms with van der Waals surface area (Å²) < 4.78 is 12.8. The van der Waals surface area contributed by atoms with Crippen molar-refractivity contribution in [3.05, 3.63) is 73.1 Å². The molecule has 2 amide bonds. The molecule has 0 aliphatic carbocycles. The summed E-state index contributed by atoms with van der Waals surface area (Å²) in [7, 11) is 1.54. The summed E-state index contributed by atoms with van der Waals surface area (Å²) in [6.07, 6.45) is 0. The van der Waals surface area contributed by atoms with Gasteiger partial charge in [0, 0.05) is 20.8 Å². The number of benzene rings is 2. The van der Waals surface area contributed by atoms with Gasteiger partial charge >= 0.3 is 10.8 Å². The topological polar surface area (TPSA) is 94.9 Å². The predicted molar refractivity (Wildman–Crippen MR) is 140 cm³/mol. The number of aromatic nitrogens is 1. The van der Waals surface area contributed by atoms with Crippen LogP contribution in [0.1, 0.15) is 23.3 Å². The molecule has 1 aromatic heterocycles. The number of methoxy groups -OCH3 is 1. The van der Waals surface area contributed by atoms with Gasteiger partial charge in [-0.3, -0.25) is 23.7 Å². The quantitative estimate of drug-likeness (QED) is 0.317. The van der Waals surface area contributed by atoms with E-state index in [1.54, 1.807) is 44.4 Å². The van der Waals surface area contributed by atoms with Gasteiger partial charge in [0.2, 0.25) is 11.8 Å². The SMILES string of the molecule is CCOC(=O)Cn1c2c(sc1=O)[C@H](c1ccccc1OC)C1C(=O)N(c3ccc(Br)cc3)C(=O)C1S2. The fourth-order valence-corrected chi connectivity index (χ4v) is 7.72. The van der Waals surface area contributed by atoms with E-state index >= 15 is 0 Å². The third-order valence-corrected chi connectivity index (χ3v) is 9.33. The summed E-state index contributed by atoms with van der Waals surface area (Å²) in [5.41, 5.74) is 1.19. The van der Waals surface area contributed by atoms with Crippen molar-refractivity contribution in [2.45, 2.75) is 29.7 Å². The van der Waals surface area contributed by atoms with Crippen molar-refractivity contribution in [3.63, 3.8) is 0 Å². The van der Waals surface area contributed by atoms with Crippen LogP contribution in [0, 0.1) is 5.92 Å². The second-order valence-corrected chi connectivity index (χ2v) is 11.2. The largest absolute Gasteiger partial charge is 0.496 e. The van der Waals surface area contributed by atoms with Crippen molar-refractivity contribution < 1.29 is 23.9 Å². The summed E-state index contributed by atoms with van der Waals surface area (Å²) in [4.78, 5) is 54.4. The Bertz CT molecular complexity index is 1420. The lowest BCUT2D eigenvalue weighted by atomic mass is 9.82. The third kappa shape index (κ3) is 4.08. The Morgan fingerprint density at radius 2 is 1.78 bits per heavy atom. The third-order valence-electron chi connectivity index (χ3n) is 6.20. The molecule has 0 N–H and O–H groups in total. The van der Waals surface area contributed by atoms with Crippen LogP contribution < -0.4 is 14.5 Å². The van der Waals surface area contributed by atoms with Gasteiger partial charge in [0.05, 0.1) is 30.3 Å². The molecule has 3 aromatic rings. The number of carbonyl (C=O) groups excluding carboxylic acids is 3. The Morgan fingerprint density at radius 3 is 2.47 bits per heavy atom. The molecule has 3 heterocycles. The number of hydrogen-bond donors (Lipinski definition) is 0. The molecule has 0 spiro atoms. The van der Waals surface area contributed by atoms with Crippen molar-refractivity contribution in [3.8, 4) is 5.75 Å². The molecule has 186 valence electrons. The van der Waals surface area contributed by atoms with Crippen molar-refractivity contribution in [1.82, 2.24) is 4.57 Å². The van der Waals surface area contributed by atoms with Gasteiger partial charge in [0.1, 0.15) is 17.5 Å². The highest BCUT2D eigenvalue weighted by Gasteiger charge is 2.57. The molecule has 5 rings (SSSR count). The van der Waals surface area contributed by atoms with E-state index in [1.165, 1.54) is 9.47 Å². The molecule has 3 atom stereocenters. The number of carbonyl (C=O) groups is 3. The van der Waals surface area contributed by atoms with Gasteiger partial charge in [-0.2, -0.15) is 0 Å². The van der Waals surface area contributed by atoms with E-state index in [4.69, 9.17) is 9.47 Å². The number of rotatable bonds is 6. The van der Waals surface area contributed by atoms with Crippen molar-refractivity contribution in [2.75, 3.05) is 18.6 Å². The van der Waals surface area contributed by atoms with Gasteiger partial charge in [-0.25, -0.2) is 4.90 Å². The number of para-hydroxylation sites is 1. The molecule has 2 aliphatic rings. The molecule has 1 saturated heterocycles. The minimum atomic E-state index is -0.772. The lowest BCUT2D eigenvalue weighted by molar-refractivity contribution is -0.144. The Hall–Kier alpha value is -2.89. The second kappa shape index (κ2) is 9.87.